The van der Waals surface area contributed by atoms with Gasteiger partial charge in [-0.05, 0) is 31.2 Å². The Hall–Kier alpha value is -3.20. The number of hydrogen-bond donors (Lipinski definition) is 1. The maximum atomic E-state index is 5.99. The smallest absolute Gasteiger partial charge is 0.224 e. The minimum atomic E-state index is 0.212. The van der Waals surface area contributed by atoms with Crippen LogP contribution in [-0.4, -0.2) is 71.8 Å². The molecular formula is C22H29N7O2. The maximum Gasteiger partial charge on any atom is 0.224 e. The number of nitrogens with zero attached hydrogens (tertiary/aromatic N) is 6. The van der Waals surface area contributed by atoms with Crippen LogP contribution >= 0.6 is 0 Å². The van der Waals surface area contributed by atoms with Gasteiger partial charge < -0.3 is 20.1 Å². The Balaban J connectivity index is 1.67. The minimum Gasteiger partial charge on any atom is -0.493 e. The average Bonchev–Trinajstić information content (AvgIpc) is 2.81. The Morgan fingerprint density at radius 2 is 1.77 bits per heavy atom. The highest BCUT2D eigenvalue weighted by Gasteiger charge is 2.22. The highest BCUT2D eigenvalue weighted by atomic mass is 16.5. The molecule has 0 saturated carbocycles. The van der Waals surface area contributed by atoms with E-state index in [1.54, 1.807) is 20.4 Å². The van der Waals surface area contributed by atoms with E-state index in [2.05, 4.69) is 31.7 Å². The van der Waals surface area contributed by atoms with Crippen molar-refractivity contribution in [2.24, 2.45) is 0 Å². The molecule has 31 heavy (non-hydrogen) atoms. The zero-order valence-corrected chi connectivity index (χ0v) is 18.3. The molecule has 0 atom stereocenters. The van der Waals surface area contributed by atoms with Gasteiger partial charge in [-0.25, -0.2) is 9.97 Å². The highest BCUT2D eigenvalue weighted by Crippen LogP contribution is 2.32. The van der Waals surface area contributed by atoms with Crippen molar-refractivity contribution in [3.63, 3.8) is 0 Å². The molecular weight excluding hydrogens is 394 g/mol. The summed E-state index contributed by atoms with van der Waals surface area (Å²) < 4.78 is 10.8. The van der Waals surface area contributed by atoms with Crippen LogP contribution in [0.5, 0.6) is 11.5 Å². The van der Waals surface area contributed by atoms with Gasteiger partial charge in [0.25, 0.3) is 0 Å². The van der Waals surface area contributed by atoms with Gasteiger partial charge >= 0.3 is 0 Å². The van der Waals surface area contributed by atoms with E-state index in [9.17, 15) is 0 Å². The van der Waals surface area contributed by atoms with Crippen LogP contribution in [0.1, 0.15) is 19.8 Å². The molecule has 0 unspecified atom stereocenters. The van der Waals surface area contributed by atoms with Crippen LogP contribution < -0.4 is 20.1 Å². The third-order valence-electron chi connectivity index (χ3n) is 5.58. The van der Waals surface area contributed by atoms with Gasteiger partial charge in [0.2, 0.25) is 5.95 Å². The molecule has 0 amide bonds. The summed E-state index contributed by atoms with van der Waals surface area (Å²) in [6, 6.07) is 5.68. The Morgan fingerprint density at radius 3 is 2.48 bits per heavy atom. The lowest BCUT2D eigenvalue weighted by Gasteiger charge is -2.35. The molecule has 0 aliphatic carbocycles. The van der Waals surface area contributed by atoms with Gasteiger partial charge in [-0.3, -0.25) is 4.90 Å². The van der Waals surface area contributed by atoms with Gasteiger partial charge in [0.15, 0.2) is 28.5 Å². The number of hydrogen-bond acceptors (Lipinski definition) is 9. The monoisotopic (exact) mass is 423 g/mol. The first-order valence-corrected chi connectivity index (χ1v) is 10.6. The zero-order valence-electron chi connectivity index (χ0n) is 18.3. The Kier molecular flexibility index (Phi) is 6.31. The average molecular weight is 424 g/mol. The molecule has 9 nitrogen and oxygen atoms in total. The number of methoxy groups -OCH3 is 2. The summed E-state index contributed by atoms with van der Waals surface area (Å²) in [5, 5.41) is 0. The van der Waals surface area contributed by atoms with Crippen molar-refractivity contribution in [2.45, 2.75) is 19.8 Å². The van der Waals surface area contributed by atoms with E-state index >= 15 is 0 Å². The number of nitrogens with two attached hydrogens (primary N) is 1. The number of benzene rings is 1. The van der Waals surface area contributed by atoms with Crippen LogP contribution in [0.4, 0.5) is 11.8 Å². The van der Waals surface area contributed by atoms with Crippen molar-refractivity contribution in [3.8, 4) is 22.8 Å². The topological polar surface area (TPSA) is 103 Å². The predicted octanol–water partition coefficient (Wildman–Crippen LogP) is 2.61. The fourth-order valence-electron chi connectivity index (χ4n) is 3.83. The first kappa shape index (κ1) is 21.0. The molecule has 2 aromatic heterocycles. The number of unbranched alkanes of at least 4 members (excludes halogenated alkanes) is 1. The second kappa shape index (κ2) is 9.30. The number of rotatable bonds is 7. The number of nitrogen functional groups attached to an aromatic ring is 1. The standard InChI is InChI=1S/C22H29N7O2/c1-4-5-8-28-9-11-29(12-10-28)21-19-20(26-22(23)27-21)24-14-16(25-19)15-6-7-17(30-2)18(13-15)31-3/h6-7,13-14H,4-5,8-12H2,1-3H3,(H2,23,24,26,27). The Labute approximate surface area is 182 Å². The highest BCUT2D eigenvalue weighted by molar-refractivity contribution is 5.86. The van der Waals surface area contributed by atoms with E-state index in [1.165, 1.54) is 12.8 Å². The molecule has 1 fully saturated rings. The first-order valence-electron chi connectivity index (χ1n) is 10.6. The van der Waals surface area contributed by atoms with E-state index in [0.29, 0.717) is 28.4 Å². The third kappa shape index (κ3) is 4.46. The lowest BCUT2D eigenvalue weighted by Crippen LogP contribution is -2.47. The summed E-state index contributed by atoms with van der Waals surface area (Å²) in [4.78, 5) is 22.9. The van der Waals surface area contributed by atoms with E-state index in [1.807, 2.05) is 18.2 Å². The van der Waals surface area contributed by atoms with E-state index in [-0.39, 0.29) is 5.95 Å². The fraction of sp³-hybridized carbons (Fsp3) is 0.455. The summed E-state index contributed by atoms with van der Waals surface area (Å²) in [6.45, 7) is 7.10. The normalized spacial score (nSPS) is 14.7. The molecule has 0 bridgehead atoms. The van der Waals surface area contributed by atoms with Gasteiger partial charge in [0.1, 0.15) is 0 Å². The lowest BCUT2D eigenvalue weighted by atomic mass is 10.1. The number of ether oxygens (including phenoxy) is 2. The summed E-state index contributed by atoms with van der Waals surface area (Å²) in [7, 11) is 3.23. The van der Waals surface area contributed by atoms with E-state index < -0.39 is 0 Å². The molecule has 3 heterocycles. The van der Waals surface area contributed by atoms with Crippen LogP contribution in [0, 0.1) is 0 Å². The largest absolute Gasteiger partial charge is 0.493 e. The Morgan fingerprint density at radius 1 is 1.00 bits per heavy atom. The Bertz CT molecular complexity index is 1050. The second-order valence-corrected chi connectivity index (χ2v) is 7.58. The van der Waals surface area contributed by atoms with Gasteiger partial charge in [0, 0.05) is 31.7 Å². The van der Waals surface area contributed by atoms with E-state index in [4.69, 9.17) is 20.2 Å². The molecule has 1 aliphatic heterocycles. The summed E-state index contributed by atoms with van der Waals surface area (Å²) >= 11 is 0. The third-order valence-corrected chi connectivity index (χ3v) is 5.58. The molecule has 3 aromatic rings. The van der Waals surface area contributed by atoms with Crippen LogP contribution in [0.15, 0.2) is 24.4 Å². The van der Waals surface area contributed by atoms with Gasteiger partial charge in [0.05, 0.1) is 26.1 Å². The second-order valence-electron chi connectivity index (χ2n) is 7.58. The SMILES string of the molecule is CCCCN1CCN(c2nc(N)nc3ncc(-c4ccc(OC)c(OC)c4)nc23)CC1. The van der Waals surface area contributed by atoms with Crippen LogP contribution in [0.25, 0.3) is 22.4 Å². The van der Waals surface area contributed by atoms with Crippen molar-refractivity contribution in [2.75, 3.05) is 57.6 Å². The van der Waals surface area contributed by atoms with Crippen LogP contribution in [-0.2, 0) is 0 Å². The van der Waals surface area contributed by atoms with Crippen molar-refractivity contribution in [1.82, 2.24) is 24.8 Å². The maximum absolute atomic E-state index is 5.99. The summed E-state index contributed by atoms with van der Waals surface area (Å²) in [5.41, 5.74) is 8.73. The summed E-state index contributed by atoms with van der Waals surface area (Å²) in [6.07, 6.45) is 4.13. The number of piperazine rings is 1. The van der Waals surface area contributed by atoms with Crippen molar-refractivity contribution in [3.05, 3.63) is 24.4 Å². The lowest BCUT2D eigenvalue weighted by molar-refractivity contribution is 0.254. The fourth-order valence-corrected chi connectivity index (χ4v) is 3.83. The molecule has 0 spiro atoms. The number of anilines is 2. The molecule has 1 aliphatic rings. The quantitative estimate of drug-likeness (QED) is 0.614. The minimum absolute atomic E-state index is 0.212. The molecule has 1 aromatic carbocycles. The first-order chi connectivity index (χ1) is 15.1. The molecule has 9 heteroatoms. The van der Waals surface area contributed by atoms with Gasteiger partial charge in [-0.15, -0.1) is 0 Å². The zero-order chi connectivity index (χ0) is 21.8. The van der Waals surface area contributed by atoms with Crippen LogP contribution in [0.2, 0.25) is 0 Å². The molecule has 4 rings (SSSR count). The van der Waals surface area contributed by atoms with Gasteiger partial charge in [-0.2, -0.15) is 9.97 Å². The van der Waals surface area contributed by atoms with Crippen molar-refractivity contribution in [1.29, 1.82) is 0 Å². The molecule has 0 radical (unpaired) electrons. The number of aromatic nitrogens is 4. The van der Waals surface area contributed by atoms with Crippen LogP contribution in [0.3, 0.4) is 0 Å². The van der Waals surface area contributed by atoms with E-state index in [0.717, 1.165) is 44.1 Å². The molecule has 2 N–H and O–H groups in total. The number of fused-ring (bicyclic) bond motifs is 1. The van der Waals surface area contributed by atoms with Crippen molar-refractivity contribution >= 4 is 22.9 Å². The van der Waals surface area contributed by atoms with Gasteiger partial charge in [-0.1, -0.05) is 13.3 Å². The summed E-state index contributed by atoms with van der Waals surface area (Å²) in [5.74, 6) is 2.26. The molecule has 1 saturated heterocycles. The predicted molar refractivity (Wildman–Crippen MR) is 122 cm³/mol. The van der Waals surface area contributed by atoms with Crippen molar-refractivity contribution < 1.29 is 9.47 Å². The molecule has 164 valence electrons.